The summed E-state index contributed by atoms with van der Waals surface area (Å²) < 4.78 is 24.7. The second-order valence-corrected chi connectivity index (χ2v) is 6.47. The summed E-state index contributed by atoms with van der Waals surface area (Å²) in [5.41, 5.74) is 2.55. The Morgan fingerprint density at radius 3 is 2.32 bits per heavy atom. The number of benzene rings is 2. The maximum atomic E-state index is 14.1. The van der Waals surface area contributed by atoms with E-state index in [0.29, 0.717) is 36.2 Å². The molecule has 28 heavy (non-hydrogen) atoms. The van der Waals surface area contributed by atoms with Gasteiger partial charge in [-0.3, -0.25) is 4.99 Å². The van der Waals surface area contributed by atoms with Crippen LogP contribution in [0.25, 0.3) is 0 Å². The van der Waals surface area contributed by atoms with E-state index < -0.39 is 0 Å². The van der Waals surface area contributed by atoms with E-state index in [1.54, 1.807) is 38.3 Å². The lowest BCUT2D eigenvalue weighted by molar-refractivity contribution is 0.354. The van der Waals surface area contributed by atoms with Crippen molar-refractivity contribution in [2.24, 2.45) is 4.99 Å². The van der Waals surface area contributed by atoms with Gasteiger partial charge in [0.1, 0.15) is 5.82 Å². The largest absolute Gasteiger partial charge is 0.493 e. The van der Waals surface area contributed by atoms with Gasteiger partial charge in [-0.2, -0.15) is 0 Å². The van der Waals surface area contributed by atoms with Gasteiger partial charge in [-0.25, -0.2) is 4.39 Å². The predicted molar refractivity (Wildman–Crippen MR) is 112 cm³/mol. The maximum absolute atomic E-state index is 14.1. The van der Waals surface area contributed by atoms with Gasteiger partial charge in [0.2, 0.25) is 0 Å². The number of anilines is 1. The van der Waals surface area contributed by atoms with Crippen molar-refractivity contribution < 1.29 is 13.9 Å². The van der Waals surface area contributed by atoms with E-state index in [-0.39, 0.29) is 5.82 Å². The van der Waals surface area contributed by atoms with Gasteiger partial charge in [-0.15, -0.1) is 0 Å². The number of ether oxygens (including phenoxy) is 2. The summed E-state index contributed by atoms with van der Waals surface area (Å²) in [5, 5.41) is 6.47. The van der Waals surface area contributed by atoms with E-state index in [0.717, 1.165) is 17.5 Å². The van der Waals surface area contributed by atoms with Crippen LogP contribution in [0, 0.1) is 5.82 Å². The van der Waals surface area contributed by atoms with Gasteiger partial charge in [0.15, 0.2) is 17.5 Å². The summed E-state index contributed by atoms with van der Waals surface area (Å²) in [4.78, 5) is 5.96. The van der Waals surface area contributed by atoms with Crippen molar-refractivity contribution in [3.8, 4) is 11.5 Å². The minimum atomic E-state index is -0.235. The Balaban J connectivity index is 1.86. The van der Waals surface area contributed by atoms with Gasteiger partial charge in [-0.05, 0) is 41.8 Å². The Bertz CT molecular complexity index is 809. The van der Waals surface area contributed by atoms with E-state index in [1.165, 1.54) is 0 Å². The highest BCUT2D eigenvalue weighted by Gasteiger charge is 2.07. The molecule has 0 spiro atoms. The molecule has 6 nitrogen and oxygen atoms in total. The Morgan fingerprint density at radius 1 is 1.00 bits per heavy atom. The quantitative estimate of drug-likeness (QED) is 0.538. The van der Waals surface area contributed by atoms with Crippen molar-refractivity contribution in [1.29, 1.82) is 0 Å². The van der Waals surface area contributed by atoms with Crippen LogP contribution >= 0.6 is 0 Å². The first-order chi connectivity index (χ1) is 13.5. The summed E-state index contributed by atoms with van der Waals surface area (Å²) in [6.07, 6.45) is 0.799. The number of aliphatic imine (C=N–C) groups is 1. The number of nitrogens with one attached hydrogen (secondary N) is 2. The molecule has 2 N–H and O–H groups in total. The molecule has 0 amide bonds. The second-order valence-electron chi connectivity index (χ2n) is 6.47. The van der Waals surface area contributed by atoms with Crippen LogP contribution in [0.2, 0.25) is 0 Å². The monoisotopic (exact) mass is 388 g/mol. The smallest absolute Gasteiger partial charge is 0.191 e. The lowest BCUT2D eigenvalue weighted by Crippen LogP contribution is -2.37. The molecule has 0 aliphatic carbocycles. The molecule has 0 aliphatic heterocycles. The number of hydrogen-bond donors (Lipinski definition) is 2. The second kappa shape index (κ2) is 10.4. The average molecular weight is 388 g/mol. The number of rotatable bonds is 8. The molecule has 0 aromatic heterocycles. The minimum absolute atomic E-state index is 0.235. The first-order valence-electron chi connectivity index (χ1n) is 9.09. The first-order valence-corrected chi connectivity index (χ1v) is 9.09. The third-order valence-corrected chi connectivity index (χ3v) is 4.33. The SMILES string of the molecule is CN=C(NCCc1ccc(OC)c(OC)c1)NCc1ccc(N(C)C)c(F)c1. The highest BCUT2D eigenvalue weighted by Crippen LogP contribution is 2.27. The Morgan fingerprint density at radius 2 is 1.71 bits per heavy atom. The molecule has 0 heterocycles. The van der Waals surface area contributed by atoms with Crippen LogP contribution in [0.3, 0.4) is 0 Å². The fraction of sp³-hybridized carbons (Fsp3) is 0.381. The topological polar surface area (TPSA) is 58.1 Å². The number of methoxy groups -OCH3 is 2. The molecule has 7 heteroatoms. The van der Waals surface area contributed by atoms with Crippen molar-refractivity contribution in [2.45, 2.75) is 13.0 Å². The first kappa shape index (κ1) is 21.3. The normalized spacial score (nSPS) is 11.1. The van der Waals surface area contributed by atoms with Gasteiger partial charge in [0, 0.05) is 34.2 Å². The van der Waals surface area contributed by atoms with Crippen LogP contribution in [0.5, 0.6) is 11.5 Å². The standard InChI is InChI=1S/C21H29FN4O2/c1-23-21(25-14-16-6-8-18(26(2)3)17(22)12-16)24-11-10-15-7-9-19(27-4)20(13-15)28-5/h6-9,12-13H,10-11,14H2,1-5H3,(H2,23,24,25). The zero-order chi connectivity index (χ0) is 20.5. The molecule has 0 fully saturated rings. The minimum Gasteiger partial charge on any atom is -0.493 e. The van der Waals surface area contributed by atoms with E-state index >= 15 is 0 Å². The zero-order valence-corrected chi connectivity index (χ0v) is 17.2. The van der Waals surface area contributed by atoms with Crippen molar-refractivity contribution in [1.82, 2.24) is 10.6 Å². The highest BCUT2D eigenvalue weighted by molar-refractivity contribution is 5.79. The Labute approximate surface area is 166 Å². The number of hydrogen-bond acceptors (Lipinski definition) is 4. The predicted octanol–water partition coefficient (Wildman–Crippen LogP) is 2.82. The average Bonchev–Trinajstić information content (AvgIpc) is 2.70. The molecule has 0 radical (unpaired) electrons. The summed E-state index contributed by atoms with van der Waals surface area (Å²) in [5.74, 6) is 1.85. The van der Waals surface area contributed by atoms with E-state index in [1.807, 2.05) is 38.4 Å². The summed E-state index contributed by atoms with van der Waals surface area (Å²) in [6.45, 7) is 1.18. The van der Waals surface area contributed by atoms with Gasteiger partial charge in [0.25, 0.3) is 0 Å². The molecule has 0 atom stereocenters. The lowest BCUT2D eigenvalue weighted by atomic mass is 10.1. The molecule has 2 aromatic rings. The van der Waals surface area contributed by atoms with Gasteiger partial charge in [-0.1, -0.05) is 12.1 Å². The fourth-order valence-corrected chi connectivity index (χ4v) is 2.79. The summed E-state index contributed by atoms with van der Waals surface area (Å²) >= 11 is 0. The number of halogens is 1. The molecule has 0 saturated carbocycles. The molecular weight excluding hydrogens is 359 g/mol. The van der Waals surface area contributed by atoms with Crippen LogP contribution in [0.4, 0.5) is 10.1 Å². The summed E-state index contributed by atoms with van der Waals surface area (Å²) in [7, 11) is 8.59. The summed E-state index contributed by atoms with van der Waals surface area (Å²) in [6, 6.07) is 11.1. The molecule has 0 aliphatic rings. The lowest BCUT2D eigenvalue weighted by Gasteiger charge is -2.15. The molecule has 0 saturated heterocycles. The Hall–Kier alpha value is -2.96. The van der Waals surface area contributed by atoms with Crippen LogP contribution in [0.1, 0.15) is 11.1 Å². The van der Waals surface area contributed by atoms with Gasteiger partial charge in [0.05, 0.1) is 19.9 Å². The van der Waals surface area contributed by atoms with Gasteiger partial charge < -0.3 is 25.0 Å². The van der Waals surface area contributed by atoms with E-state index in [4.69, 9.17) is 9.47 Å². The Kier molecular flexibility index (Phi) is 7.92. The molecule has 2 rings (SSSR count). The van der Waals surface area contributed by atoms with Crippen molar-refractivity contribution >= 4 is 11.6 Å². The van der Waals surface area contributed by atoms with Crippen LogP contribution < -0.4 is 25.0 Å². The third kappa shape index (κ3) is 5.77. The van der Waals surface area contributed by atoms with Crippen molar-refractivity contribution in [2.75, 3.05) is 46.8 Å². The van der Waals surface area contributed by atoms with E-state index in [9.17, 15) is 4.39 Å². The van der Waals surface area contributed by atoms with Crippen molar-refractivity contribution in [3.05, 3.63) is 53.3 Å². The maximum Gasteiger partial charge on any atom is 0.191 e. The molecule has 152 valence electrons. The molecule has 0 bridgehead atoms. The molecule has 0 unspecified atom stereocenters. The fourth-order valence-electron chi connectivity index (χ4n) is 2.79. The van der Waals surface area contributed by atoms with Gasteiger partial charge >= 0.3 is 0 Å². The number of guanidine groups is 1. The van der Waals surface area contributed by atoms with E-state index in [2.05, 4.69) is 15.6 Å². The van der Waals surface area contributed by atoms with Crippen LogP contribution in [-0.2, 0) is 13.0 Å². The molecular formula is C21H29FN4O2. The van der Waals surface area contributed by atoms with Crippen molar-refractivity contribution in [3.63, 3.8) is 0 Å². The van der Waals surface area contributed by atoms with Crippen LogP contribution in [0.15, 0.2) is 41.4 Å². The highest BCUT2D eigenvalue weighted by atomic mass is 19.1. The third-order valence-electron chi connectivity index (χ3n) is 4.33. The molecule has 2 aromatic carbocycles. The number of nitrogens with zero attached hydrogens (tertiary/aromatic N) is 2. The van der Waals surface area contributed by atoms with Crippen LogP contribution in [-0.4, -0.2) is 47.9 Å². The zero-order valence-electron chi connectivity index (χ0n) is 17.2.